The minimum atomic E-state index is 0.703. The van der Waals surface area contributed by atoms with Crippen molar-refractivity contribution in [1.29, 1.82) is 0 Å². The third-order valence-electron chi connectivity index (χ3n) is 2.88. The molecule has 1 aromatic carbocycles. The predicted molar refractivity (Wildman–Crippen MR) is 75.1 cm³/mol. The van der Waals surface area contributed by atoms with Gasteiger partial charge in [-0.2, -0.15) is 0 Å². The maximum absolute atomic E-state index is 3.60. The van der Waals surface area contributed by atoms with Crippen LogP contribution in [0.25, 0.3) is 0 Å². The molecule has 0 amide bonds. The molecule has 3 heteroatoms. The molecule has 1 nitrogen and oxygen atoms in total. The zero-order chi connectivity index (χ0) is 11.4. The molecule has 0 heterocycles. The lowest BCUT2D eigenvalue weighted by Gasteiger charge is -2.16. The van der Waals surface area contributed by atoms with Gasteiger partial charge in [-0.15, -0.1) is 11.8 Å². The van der Waals surface area contributed by atoms with Gasteiger partial charge in [-0.3, -0.25) is 0 Å². The fourth-order valence-electron chi connectivity index (χ4n) is 1.87. The molecule has 0 saturated heterocycles. The maximum atomic E-state index is 3.60. The highest BCUT2D eigenvalue weighted by molar-refractivity contribution is 9.10. The van der Waals surface area contributed by atoms with Crippen molar-refractivity contribution in [2.24, 2.45) is 5.92 Å². The van der Waals surface area contributed by atoms with Gasteiger partial charge in [-0.25, -0.2) is 0 Å². The molecule has 1 fully saturated rings. The van der Waals surface area contributed by atoms with Gasteiger partial charge in [0.15, 0.2) is 0 Å². The molecule has 88 valence electrons. The molecule has 1 aromatic rings. The average molecular weight is 300 g/mol. The molecule has 1 unspecified atom stereocenters. The van der Waals surface area contributed by atoms with Crippen molar-refractivity contribution in [3.63, 3.8) is 0 Å². The Hall–Kier alpha value is 0.01000. The molecular weight excluding hydrogens is 282 g/mol. The SMILES string of the molecule is CCNC(CSc1cccc(Br)c1)C1CC1. The summed E-state index contributed by atoms with van der Waals surface area (Å²) >= 11 is 5.47. The molecule has 1 aliphatic carbocycles. The average Bonchev–Trinajstić information content (AvgIpc) is 3.08. The van der Waals surface area contributed by atoms with E-state index in [1.807, 2.05) is 11.8 Å². The largest absolute Gasteiger partial charge is 0.313 e. The number of hydrogen-bond acceptors (Lipinski definition) is 2. The summed E-state index contributed by atoms with van der Waals surface area (Å²) in [6.45, 7) is 3.28. The van der Waals surface area contributed by atoms with Crippen LogP contribution in [-0.4, -0.2) is 18.3 Å². The van der Waals surface area contributed by atoms with Gasteiger partial charge < -0.3 is 5.32 Å². The van der Waals surface area contributed by atoms with Gasteiger partial charge in [-0.1, -0.05) is 28.9 Å². The standard InChI is InChI=1S/C13H18BrNS/c1-2-15-13(10-6-7-10)9-16-12-5-3-4-11(14)8-12/h3-5,8,10,13,15H,2,6-7,9H2,1H3. The van der Waals surface area contributed by atoms with Crippen molar-refractivity contribution >= 4 is 27.7 Å². The van der Waals surface area contributed by atoms with Crippen LogP contribution in [0.5, 0.6) is 0 Å². The first-order chi connectivity index (χ1) is 7.79. The summed E-state index contributed by atoms with van der Waals surface area (Å²) in [6.07, 6.45) is 2.83. The molecule has 1 atom stereocenters. The Kier molecular flexibility index (Phi) is 4.74. The number of nitrogens with one attached hydrogen (secondary N) is 1. The maximum Gasteiger partial charge on any atom is 0.0189 e. The van der Waals surface area contributed by atoms with Crippen LogP contribution in [0.1, 0.15) is 19.8 Å². The molecule has 16 heavy (non-hydrogen) atoms. The van der Waals surface area contributed by atoms with Gasteiger partial charge in [-0.05, 0) is 43.5 Å². The normalized spacial score (nSPS) is 17.4. The van der Waals surface area contributed by atoms with Crippen LogP contribution >= 0.6 is 27.7 Å². The van der Waals surface area contributed by atoms with Gasteiger partial charge in [0.1, 0.15) is 0 Å². The summed E-state index contributed by atoms with van der Waals surface area (Å²) in [5.74, 6) is 2.12. The smallest absolute Gasteiger partial charge is 0.0189 e. The van der Waals surface area contributed by atoms with Crippen LogP contribution in [0.4, 0.5) is 0 Å². The number of hydrogen-bond donors (Lipinski definition) is 1. The lowest BCUT2D eigenvalue weighted by atomic mass is 10.2. The first-order valence-electron chi connectivity index (χ1n) is 5.91. The van der Waals surface area contributed by atoms with Crippen molar-refractivity contribution in [2.75, 3.05) is 12.3 Å². The molecular formula is C13H18BrNS. The van der Waals surface area contributed by atoms with Crippen molar-refractivity contribution in [2.45, 2.75) is 30.7 Å². The van der Waals surface area contributed by atoms with Gasteiger partial charge in [0.25, 0.3) is 0 Å². The fraction of sp³-hybridized carbons (Fsp3) is 0.538. The van der Waals surface area contributed by atoms with Gasteiger partial charge >= 0.3 is 0 Å². The zero-order valence-electron chi connectivity index (χ0n) is 9.58. The second kappa shape index (κ2) is 6.08. The van der Waals surface area contributed by atoms with Gasteiger partial charge in [0.2, 0.25) is 0 Å². The predicted octanol–water partition coefficient (Wildman–Crippen LogP) is 3.93. The van der Waals surface area contributed by atoms with E-state index < -0.39 is 0 Å². The van der Waals surface area contributed by atoms with E-state index in [0.29, 0.717) is 6.04 Å². The van der Waals surface area contributed by atoms with Crippen molar-refractivity contribution in [1.82, 2.24) is 5.32 Å². The molecule has 2 rings (SSSR count). The summed E-state index contributed by atoms with van der Waals surface area (Å²) in [5.41, 5.74) is 0. The number of thioether (sulfide) groups is 1. The number of halogens is 1. The second-order valence-corrected chi connectivity index (χ2v) is 6.28. The van der Waals surface area contributed by atoms with Crippen LogP contribution in [0.3, 0.4) is 0 Å². The summed E-state index contributed by atoms with van der Waals surface area (Å²) in [4.78, 5) is 1.36. The summed E-state index contributed by atoms with van der Waals surface area (Å²) in [5, 5.41) is 3.60. The molecule has 1 N–H and O–H groups in total. The van der Waals surface area contributed by atoms with Gasteiger partial charge in [0, 0.05) is 21.2 Å². The van der Waals surface area contributed by atoms with Crippen LogP contribution in [-0.2, 0) is 0 Å². The summed E-state index contributed by atoms with van der Waals surface area (Å²) in [6, 6.07) is 9.26. The first-order valence-corrected chi connectivity index (χ1v) is 7.69. The van der Waals surface area contributed by atoms with Crippen LogP contribution < -0.4 is 5.32 Å². The van der Waals surface area contributed by atoms with Crippen molar-refractivity contribution in [3.05, 3.63) is 28.7 Å². The van der Waals surface area contributed by atoms with Crippen molar-refractivity contribution < 1.29 is 0 Å². The zero-order valence-corrected chi connectivity index (χ0v) is 12.0. The molecule has 1 aliphatic rings. The van der Waals surface area contributed by atoms with E-state index in [1.54, 1.807) is 0 Å². The quantitative estimate of drug-likeness (QED) is 0.799. The highest BCUT2D eigenvalue weighted by atomic mass is 79.9. The monoisotopic (exact) mass is 299 g/mol. The number of benzene rings is 1. The Balaban J connectivity index is 1.85. The van der Waals surface area contributed by atoms with E-state index >= 15 is 0 Å². The molecule has 0 aliphatic heterocycles. The Morgan fingerprint density at radius 2 is 2.31 bits per heavy atom. The van der Waals surface area contributed by atoms with Gasteiger partial charge in [0.05, 0.1) is 0 Å². The Bertz CT molecular complexity index is 338. The summed E-state index contributed by atoms with van der Waals surface area (Å²) in [7, 11) is 0. The topological polar surface area (TPSA) is 12.0 Å². The van der Waals surface area contributed by atoms with Crippen LogP contribution in [0.2, 0.25) is 0 Å². The second-order valence-electron chi connectivity index (χ2n) is 4.27. The van der Waals surface area contributed by atoms with E-state index in [2.05, 4.69) is 52.4 Å². The van der Waals surface area contributed by atoms with E-state index in [1.165, 1.54) is 28.0 Å². The molecule has 0 radical (unpaired) electrons. The third kappa shape index (κ3) is 3.79. The highest BCUT2D eigenvalue weighted by Gasteiger charge is 2.30. The molecule has 0 spiro atoms. The highest BCUT2D eigenvalue weighted by Crippen LogP contribution is 2.35. The molecule has 0 bridgehead atoms. The number of rotatable bonds is 6. The third-order valence-corrected chi connectivity index (χ3v) is 4.49. The van der Waals surface area contributed by atoms with E-state index in [-0.39, 0.29) is 0 Å². The Morgan fingerprint density at radius 3 is 2.94 bits per heavy atom. The first kappa shape index (κ1) is 12.5. The minimum Gasteiger partial charge on any atom is -0.313 e. The fourth-order valence-corrected chi connectivity index (χ4v) is 3.56. The Morgan fingerprint density at radius 1 is 1.50 bits per heavy atom. The summed E-state index contributed by atoms with van der Waals surface area (Å²) < 4.78 is 1.17. The molecule has 1 saturated carbocycles. The van der Waals surface area contributed by atoms with Crippen LogP contribution in [0.15, 0.2) is 33.6 Å². The van der Waals surface area contributed by atoms with Crippen molar-refractivity contribution in [3.8, 4) is 0 Å². The molecule has 0 aromatic heterocycles. The lowest BCUT2D eigenvalue weighted by Crippen LogP contribution is -2.33. The van der Waals surface area contributed by atoms with Crippen LogP contribution in [0, 0.1) is 5.92 Å². The van der Waals surface area contributed by atoms with E-state index in [0.717, 1.165) is 12.5 Å². The minimum absolute atomic E-state index is 0.703. The van der Waals surface area contributed by atoms with E-state index in [4.69, 9.17) is 0 Å². The Labute approximate surface area is 111 Å². The lowest BCUT2D eigenvalue weighted by molar-refractivity contribution is 0.519. The van der Waals surface area contributed by atoms with E-state index in [9.17, 15) is 0 Å².